The number of ketones is 1. The monoisotopic (exact) mass is 427 g/mol. The normalized spacial score (nSPS) is 10.4. The van der Waals surface area contributed by atoms with Gasteiger partial charge in [-0.05, 0) is 42.8 Å². The van der Waals surface area contributed by atoms with Crippen LogP contribution < -0.4 is 5.32 Å². The molecule has 0 heterocycles. The van der Waals surface area contributed by atoms with Crippen molar-refractivity contribution in [3.05, 3.63) is 62.6 Å². The van der Waals surface area contributed by atoms with Crippen molar-refractivity contribution in [3.63, 3.8) is 0 Å². The molecule has 5 nitrogen and oxygen atoms in total. The topological polar surface area (TPSA) is 72.5 Å². The minimum absolute atomic E-state index is 0.0335. The van der Waals surface area contributed by atoms with E-state index in [1.54, 1.807) is 12.1 Å². The van der Waals surface area contributed by atoms with Crippen molar-refractivity contribution in [2.24, 2.45) is 0 Å². The van der Waals surface area contributed by atoms with Crippen molar-refractivity contribution in [2.75, 3.05) is 11.9 Å². The van der Waals surface area contributed by atoms with Gasteiger partial charge in [0.1, 0.15) is 0 Å². The molecule has 27 heavy (non-hydrogen) atoms. The van der Waals surface area contributed by atoms with Crippen LogP contribution in [0.1, 0.15) is 40.5 Å². The Morgan fingerprint density at radius 3 is 2.22 bits per heavy atom. The van der Waals surface area contributed by atoms with Crippen molar-refractivity contribution in [3.8, 4) is 0 Å². The zero-order chi connectivity index (χ0) is 20.0. The highest BCUT2D eigenvalue weighted by atomic mass is 35.5. The van der Waals surface area contributed by atoms with Crippen LogP contribution in [0.2, 0.25) is 15.1 Å². The number of carbonyl (C=O) groups excluding carboxylic acids is 3. The van der Waals surface area contributed by atoms with Crippen LogP contribution in [0.3, 0.4) is 0 Å². The number of hydrogen-bond acceptors (Lipinski definition) is 4. The average Bonchev–Trinajstić information content (AvgIpc) is 2.64. The molecule has 0 atom stereocenters. The van der Waals surface area contributed by atoms with Crippen molar-refractivity contribution >= 4 is 58.1 Å². The molecular formula is C19H16Cl3NO4. The van der Waals surface area contributed by atoms with Gasteiger partial charge in [-0.3, -0.25) is 9.59 Å². The smallest absolute Gasteiger partial charge is 0.341 e. The molecule has 0 unspecified atom stereocenters. The Labute approximate surface area is 171 Å². The van der Waals surface area contributed by atoms with E-state index in [2.05, 4.69) is 5.32 Å². The van der Waals surface area contributed by atoms with Gasteiger partial charge in [0.2, 0.25) is 5.91 Å². The molecule has 142 valence electrons. The van der Waals surface area contributed by atoms with E-state index in [1.165, 1.54) is 24.3 Å². The lowest BCUT2D eigenvalue weighted by atomic mass is 10.1. The van der Waals surface area contributed by atoms with Crippen LogP contribution in [-0.2, 0) is 9.53 Å². The summed E-state index contributed by atoms with van der Waals surface area (Å²) in [6, 6.07) is 9.16. The van der Waals surface area contributed by atoms with Gasteiger partial charge >= 0.3 is 5.97 Å². The number of anilines is 1. The Morgan fingerprint density at radius 1 is 0.963 bits per heavy atom. The largest absolute Gasteiger partial charge is 0.454 e. The van der Waals surface area contributed by atoms with Crippen LogP contribution in [0.5, 0.6) is 0 Å². The van der Waals surface area contributed by atoms with Crippen LogP contribution in [0.15, 0.2) is 36.4 Å². The van der Waals surface area contributed by atoms with E-state index in [9.17, 15) is 14.4 Å². The minimum atomic E-state index is -0.843. The summed E-state index contributed by atoms with van der Waals surface area (Å²) in [5.41, 5.74) is 0.826. The molecular weight excluding hydrogens is 413 g/mol. The third-order valence-electron chi connectivity index (χ3n) is 3.55. The number of amides is 1. The highest BCUT2D eigenvalue weighted by Gasteiger charge is 2.20. The first-order valence-electron chi connectivity index (χ1n) is 8.07. The van der Waals surface area contributed by atoms with E-state index in [-0.39, 0.29) is 26.5 Å². The third-order valence-corrected chi connectivity index (χ3v) is 4.67. The van der Waals surface area contributed by atoms with Gasteiger partial charge in [-0.1, -0.05) is 41.7 Å². The fourth-order valence-electron chi connectivity index (χ4n) is 2.19. The fraction of sp³-hybridized carbons (Fsp3) is 0.211. The van der Waals surface area contributed by atoms with E-state index in [4.69, 9.17) is 39.5 Å². The fourth-order valence-corrected chi connectivity index (χ4v) is 2.87. The van der Waals surface area contributed by atoms with Gasteiger partial charge in [-0.25, -0.2) is 4.79 Å². The standard InChI is InChI=1S/C19H16Cl3NO4/c1-2-3-16(25)23-12-6-4-11(5-7-12)15(24)10-27-19(26)17-13(20)8-9-14(21)18(17)22/h4-9H,2-3,10H2,1H3,(H,23,25). The Morgan fingerprint density at radius 2 is 1.59 bits per heavy atom. The lowest BCUT2D eigenvalue weighted by Crippen LogP contribution is -2.15. The predicted molar refractivity (Wildman–Crippen MR) is 106 cm³/mol. The second-order valence-electron chi connectivity index (χ2n) is 5.59. The molecule has 0 radical (unpaired) electrons. The average molecular weight is 429 g/mol. The molecule has 0 bridgehead atoms. The molecule has 0 aliphatic carbocycles. The molecule has 0 spiro atoms. The van der Waals surface area contributed by atoms with Crippen LogP contribution in [-0.4, -0.2) is 24.3 Å². The molecule has 8 heteroatoms. The number of halogens is 3. The number of rotatable bonds is 7. The van der Waals surface area contributed by atoms with E-state index in [0.717, 1.165) is 6.42 Å². The van der Waals surface area contributed by atoms with Crippen molar-refractivity contribution < 1.29 is 19.1 Å². The second kappa shape index (κ2) is 9.74. The quantitative estimate of drug-likeness (QED) is 0.363. The molecule has 0 aliphatic rings. The Bertz CT molecular complexity index is 866. The zero-order valence-corrected chi connectivity index (χ0v) is 16.6. The van der Waals surface area contributed by atoms with E-state index in [0.29, 0.717) is 17.7 Å². The summed E-state index contributed by atoms with van der Waals surface area (Å²) in [4.78, 5) is 35.9. The molecule has 1 N–H and O–H groups in total. The van der Waals surface area contributed by atoms with Crippen LogP contribution in [0.4, 0.5) is 5.69 Å². The van der Waals surface area contributed by atoms with Gasteiger partial charge in [0.25, 0.3) is 0 Å². The first-order valence-corrected chi connectivity index (χ1v) is 9.20. The maximum Gasteiger partial charge on any atom is 0.341 e. The van der Waals surface area contributed by atoms with E-state index >= 15 is 0 Å². The number of esters is 1. The third kappa shape index (κ3) is 5.70. The predicted octanol–water partition coefficient (Wildman–Crippen LogP) is 5.43. The number of hydrogen-bond donors (Lipinski definition) is 1. The van der Waals surface area contributed by atoms with Gasteiger partial charge in [0, 0.05) is 17.7 Å². The molecule has 0 saturated heterocycles. The van der Waals surface area contributed by atoms with Crippen LogP contribution >= 0.6 is 34.8 Å². The van der Waals surface area contributed by atoms with Crippen LogP contribution in [0, 0.1) is 0 Å². The highest BCUT2D eigenvalue weighted by molar-refractivity contribution is 6.46. The summed E-state index contributed by atoms with van der Waals surface area (Å²) in [5.74, 6) is -1.35. The summed E-state index contributed by atoms with van der Waals surface area (Å²) >= 11 is 17.8. The first kappa shape index (κ1) is 21.2. The van der Waals surface area contributed by atoms with E-state index < -0.39 is 18.4 Å². The summed E-state index contributed by atoms with van der Waals surface area (Å²) in [5, 5.41) is 2.92. The number of benzene rings is 2. The van der Waals surface area contributed by atoms with Crippen molar-refractivity contribution in [1.82, 2.24) is 0 Å². The van der Waals surface area contributed by atoms with Gasteiger partial charge in [0.05, 0.1) is 20.6 Å². The maximum atomic E-state index is 12.2. The minimum Gasteiger partial charge on any atom is -0.454 e. The van der Waals surface area contributed by atoms with E-state index in [1.807, 2.05) is 6.92 Å². The summed E-state index contributed by atoms with van der Waals surface area (Å²) in [6.07, 6.45) is 1.17. The van der Waals surface area contributed by atoms with Crippen LogP contribution in [0.25, 0.3) is 0 Å². The maximum absolute atomic E-state index is 12.2. The van der Waals surface area contributed by atoms with Gasteiger partial charge in [-0.2, -0.15) is 0 Å². The Hall–Kier alpha value is -2.08. The summed E-state index contributed by atoms with van der Waals surface area (Å²) < 4.78 is 5.00. The highest BCUT2D eigenvalue weighted by Crippen LogP contribution is 2.31. The van der Waals surface area contributed by atoms with Gasteiger partial charge in [-0.15, -0.1) is 0 Å². The summed E-state index contributed by atoms with van der Waals surface area (Å²) in [6.45, 7) is 1.42. The van der Waals surface area contributed by atoms with Gasteiger partial charge < -0.3 is 10.1 Å². The lowest BCUT2D eigenvalue weighted by Gasteiger charge is -2.09. The second-order valence-corrected chi connectivity index (χ2v) is 6.79. The molecule has 0 aliphatic heterocycles. The lowest BCUT2D eigenvalue weighted by molar-refractivity contribution is -0.116. The molecule has 2 rings (SSSR count). The number of ether oxygens (including phenoxy) is 1. The zero-order valence-electron chi connectivity index (χ0n) is 14.4. The summed E-state index contributed by atoms with van der Waals surface area (Å²) in [7, 11) is 0. The number of nitrogens with one attached hydrogen (secondary N) is 1. The molecule has 2 aromatic rings. The van der Waals surface area contributed by atoms with Gasteiger partial charge in [0.15, 0.2) is 12.4 Å². The molecule has 0 saturated carbocycles. The van der Waals surface area contributed by atoms with Crippen molar-refractivity contribution in [2.45, 2.75) is 19.8 Å². The number of carbonyl (C=O) groups is 3. The molecule has 0 aromatic heterocycles. The first-order chi connectivity index (χ1) is 12.8. The SMILES string of the molecule is CCCC(=O)Nc1ccc(C(=O)COC(=O)c2c(Cl)ccc(Cl)c2Cl)cc1. The number of Topliss-reactive ketones (excluding diaryl/α,β-unsaturated/α-hetero) is 1. The molecule has 0 fully saturated rings. The molecule has 1 amide bonds. The Balaban J connectivity index is 1.99. The van der Waals surface area contributed by atoms with Crippen molar-refractivity contribution in [1.29, 1.82) is 0 Å². The Kier molecular flexibility index (Phi) is 7.66. The molecule has 2 aromatic carbocycles.